The Morgan fingerprint density at radius 1 is 1.32 bits per heavy atom. The molecule has 2 N–H and O–H groups in total. The highest BCUT2D eigenvalue weighted by Crippen LogP contribution is 2.25. The van der Waals surface area contributed by atoms with Crippen LogP contribution in [-0.2, 0) is 19.5 Å². The van der Waals surface area contributed by atoms with E-state index in [1.807, 2.05) is 0 Å². The van der Waals surface area contributed by atoms with Crippen LogP contribution >= 0.6 is 0 Å². The summed E-state index contributed by atoms with van der Waals surface area (Å²) in [6, 6.07) is 7.52. The average molecular weight is 262 g/mol. The van der Waals surface area contributed by atoms with E-state index in [1.54, 1.807) is 0 Å². The van der Waals surface area contributed by atoms with E-state index in [4.69, 9.17) is 5.11 Å². The van der Waals surface area contributed by atoms with Crippen molar-refractivity contribution in [2.24, 2.45) is 0 Å². The summed E-state index contributed by atoms with van der Waals surface area (Å²) in [6.07, 6.45) is 2.40. The molecule has 19 heavy (non-hydrogen) atoms. The summed E-state index contributed by atoms with van der Waals surface area (Å²) in [4.78, 5) is 2.58. The van der Waals surface area contributed by atoms with Crippen LogP contribution in [0.2, 0.25) is 0 Å². The molecule has 0 aromatic heterocycles. The van der Waals surface area contributed by atoms with Crippen molar-refractivity contribution >= 4 is 0 Å². The molecule has 106 valence electrons. The normalized spacial score (nSPS) is 19.4. The Labute approximate surface area is 116 Å². The molecular weight excluding hydrogens is 236 g/mol. The van der Waals surface area contributed by atoms with Crippen molar-refractivity contribution in [1.29, 1.82) is 0 Å². The number of nitrogens with one attached hydrogen (secondary N) is 1. The standard InChI is InChI=1S/C16H26N2O/c1-3-16-10-15-9-13(11-17-7-8-19)5-6-14(15)12-18(16)4-2/h5-6,9,16-17,19H,3-4,7-8,10-12H2,1-2H3. The molecule has 2 rings (SSSR count). The van der Waals surface area contributed by atoms with Gasteiger partial charge in [-0.2, -0.15) is 0 Å². The smallest absolute Gasteiger partial charge is 0.0556 e. The van der Waals surface area contributed by atoms with Crippen LogP contribution in [0.5, 0.6) is 0 Å². The molecule has 0 aliphatic carbocycles. The van der Waals surface area contributed by atoms with Crippen molar-refractivity contribution in [3.63, 3.8) is 0 Å². The Balaban J connectivity index is 2.08. The maximum absolute atomic E-state index is 8.79. The van der Waals surface area contributed by atoms with E-state index in [9.17, 15) is 0 Å². The van der Waals surface area contributed by atoms with Crippen LogP contribution in [0.25, 0.3) is 0 Å². The lowest BCUT2D eigenvalue weighted by molar-refractivity contribution is 0.176. The van der Waals surface area contributed by atoms with E-state index in [0.29, 0.717) is 12.6 Å². The molecule has 0 radical (unpaired) electrons. The molecule has 1 aromatic carbocycles. The van der Waals surface area contributed by atoms with Gasteiger partial charge in [0.2, 0.25) is 0 Å². The fourth-order valence-corrected chi connectivity index (χ4v) is 2.95. The summed E-state index contributed by atoms with van der Waals surface area (Å²) in [5.41, 5.74) is 4.32. The zero-order valence-corrected chi connectivity index (χ0v) is 12.2. The first-order chi connectivity index (χ1) is 9.28. The van der Waals surface area contributed by atoms with E-state index in [0.717, 1.165) is 19.6 Å². The first-order valence-electron chi connectivity index (χ1n) is 7.44. The van der Waals surface area contributed by atoms with Crippen molar-refractivity contribution in [3.8, 4) is 0 Å². The third-order valence-corrected chi connectivity index (χ3v) is 4.11. The van der Waals surface area contributed by atoms with Gasteiger partial charge in [-0.3, -0.25) is 4.90 Å². The molecule has 3 nitrogen and oxygen atoms in total. The molecule has 1 heterocycles. The molecule has 3 heteroatoms. The number of aliphatic hydroxyl groups excluding tert-OH is 1. The molecular formula is C16H26N2O. The predicted octanol–water partition coefficient (Wildman–Crippen LogP) is 1.93. The quantitative estimate of drug-likeness (QED) is 0.769. The van der Waals surface area contributed by atoms with E-state index >= 15 is 0 Å². The number of benzene rings is 1. The Bertz CT molecular complexity index is 406. The maximum atomic E-state index is 8.79. The van der Waals surface area contributed by atoms with E-state index in [2.05, 4.69) is 42.3 Å². The maximum Gasteiger partial charge on any atom is 0.0556 e. The molecule has 0 saturated carbocycles. The number of nitrogens with zero attached hydrogens (tertiary/aromatic N) is 1. The van der Waals surface area contributed by atoms with E-state index in [1.165, 1.54) is 29.5 Å². The lowest BCUT2D eigenvalue weighted by Gasteiger charge is -2.36. The Morgan fingerprint density at radius 2 is 2.16 bits per heavy atom. The SMILES string of the molecule is CCC1Cc2cc(CNCCO)ccc2CN1CC. The first kappa shape index (κ1) is 14.5. The fraction of sp³-hybridized carbons (Fsp3) is 0.625. The largest absolute Gasteiger partial charge is 0.395 e. The van der Waals surface area contributed by atoms with Crippen LogP contribution in [-0.4, -0.2) is 35.7 Å². The van der Waals surface area contributed by atoms with Gasteiger partial charge in [0.05, 0.1) is 6.61 Å². The number of hydrogen-bond acceptors (Lipinski definition) is 3. The van der Waals surface area contributed by atoms with Gasteiger partial charge in [-0.05, 0) is 36.1 Å². The van der Waals surface area contributed by atoms with Crippen LogP contribution in [0.4, 0.5) is 0 Å². The van der Waals surface area contributed by atoms with Crippen LogP contribution in [0, 0.1) is 0 Å². The highest BCUT2D eigenvalue weighted by Gasteiger charge is 2.23. The summed E-state index contributed by atoms with van der Waals surface area (Å²) in [5, 5.41) is 12.0. The highest BCUT2D eigenvalue weighted by molar-refractivity contribution is 5.34. The number of hydrogen-bond donors (Lipinski definition) is 2. The molecule has 0 saturated heterocycles. The number of aliphatic hydroxyl groups is 1. The topological polar surface area (TPSA) is 35.5 Å². The molecule has 1 atom stereocenters. The van der Waals surface area contributed by atoms with Crippen LogP contribution < -0.4 is 5.32 Å². The molecule has 0 fully saturated rings. The first-order valence-corrected chi connectivity index (χ1v) is 7.44. The third kappa shape index (κ3) is 3.56. The van der Waals surface area contributed by atoms with Crippen molar-refractivity contribution in [1.82, 2.24) is 10.2 Å². The van der Waals surface area contributed by atoms with Crippen LogP contribution in [0.1, 0.15) is 37.0 Å². The van der Waals surface area contributed by atoms with Gasteiger partial charge < -0.3 is 10.4 Å². The summed E-state index contributed by atoms with van der Waals surface area (Å²) in [5.74, 6) is 0. The van der Waals surface area contributed by atoms with Crippen molar-refractivity contribution < 1.29 is 5.11 Å². The van der Waals surface area contributed by atoms with Gasteiger partial charge in [0.25, 0.3) is 0 Å². The molecule has 0 amide bonds. The second-order valence-electron chi connectivity index (χ2n) is 5.33. The summed E-state index contributed by atoms with van der Waals surface area (Å²) < 4.78 is 0. The minimum Gasteiger partial charge on any atom is -0.395 e. The third-order valence-electron chi connectivity index (χ3n) is 4.11. The van der Waals surface area contributed by atoms with Crippen molar-refractivity contribution in [3.05, 3.63) is 34.9 Å². The van der Waals surface area contributed by atoms with E-state index in [-0.39, 0.29) is 6.61 Å². The van der Waals surface area contributed by atoms with Crippen molar-refractivity contribution in [2.75, 3.05) is 19.7 Å². The second kappa shape index (κ2) is 7.04. The highest BCUT2D eigenvalue weighted by atomic mass is 16.3. The Hall–Kier alpha value is -0.900. The monoisotopic (exact) mass is 262 g/mol. The molecule has 1 unspecified atom stereocenters. The number of fused-ring (bicyclic) bond motifs is 1. The van der Waals surface area contributed by atoms with Gasteiger partial charge in [0.15, 0.2) is 0 Å². The molecule has 1 aromatic rings. The average Bonchev–Trinajstić information content (AvgIpc) is 2.46. The summed E-state index contributed by atoms with van der Waals surface area (Å²) in [6.45, 7) is 8.48. The Kier molecular flexibility index (Phi) is 5.37. The van der Waals surface area contributed by atoms with Gasteiger partial charge in [0, 0.05) is 25.7 Å². The molecule has 0 spiro atoms. The van der Waals surface area contributed by atoms with Gasteiger partial charge in [-0.25, -0.2) is 0 Å². The Morgan fingerprint density at radius 3 is 2.84 bits per heavy atom. The summed E-state index contributed by atoms with van der Waals surface area (Å²) in [7, 11) is 0. The second-order valence-corrected chi connectivity index (χ2v) is 5.33. The van der Waals surface area contributed by atoms with Crippen LogP contribution in [0.15, 0.2) is 18.2 Å². The lowest BCUT2D eigenvalue weighted by atomic mass is 9.91. The number of likely N-dealkylation sites (N-methyl/N-ethyl adjacent to an activating group) is 1. The van der Waals surface area contributed by atoms with E-state index < -0.39 is 0 Å². The minimum atomic E-state index is 0.203. The predicted molar refractivity (Wildman–Crippen MR) is 79.1 cm³/mol. The van der Waals surface area contributed by atoms with Gasteiger partial charge in [-0.15, -0.1) is 0 Å². The summed E-state index contributed by atoms with van der Waals surface area (Å²) >= 11 is 0. The zero-order chi connectivity index (χ0) is 13.7. The molecule has 0 bridgehead atoms. The van der Waals surface area contributed by atoms with Gasteiger partial charge in [-0.1, -0.05) is 32.0 Å². The van der Waals surface area contributed by atoms with Crippen LogP contribution in [0.3, 0.4) is 0 Å². The fourth-order valence-electron chi connectivity index (χ4n) is 2.95. The minimum absolute atomic E-state index is 0.203. The zero-order valence-electron chi connectivity index (χ0n) is 12.2. The molecule has 1 aliphatic heterocycles. The molecule has 1 aliphatic rings. The van der Waals surface area contributed by atoms with Crippen molar-refractivity contribution in [2.45, 2.75) is 45.8 Å². The lowest BCUT2D eigenvalue weighted by Crippen LogP contribution is -2.39. The van der Waals surface area contributed by atoms with Gasteiger partial charge in [0.1, 0.15) is 0 Å². The van der Waals surface area contributed by atoms with Gasteiger partial charge >= 0.3 is 0 Å². The number of rotatable bonds is 6.